The minimum absolute atomic E-state index is 0.252. The van der Waals surface area contributed by atoms with Crippen LogP contribution in [0.3, 0.4) is 0 Å². The zero-order valence-electron chi connectivity index (χ0n) is 13.7. The molecule has 1 heterocycles. The Balaban J connectivity index is 0.000000545. The van der Waals surface area contributed by atoms with E-state index in [2.05, 4.69) is 75.9 Å². The summed E-state index contributed by atoms with van der Waals surface area (Å²) in [6.07, 6.45) is 11.6. The Labute approximate surface area is 133 Å². The van der Waals surface area contributed by atoms with E-state index < -0.39 is 0 Å². The lowest BCUT2D eigenvalue weighted by Gasteiger charge is -2.06. The molecule has 1 heteroatoms. The highest BCUT2D eigenvalue weighted by atomic mass is 16.3. The number of benzene rings is 1. The van der Waals surface area contributed by atoms with Gasteiger partial charge in [-0.25, -0.2) is 0 Å². The Morgan fingerprint density at radius 2 is 1.86 bits per heavy atom. The first-order valence-electron chi connectivity index (χ1n) is 7.88. The number of hydrogen-bond donors (Lipinski definition) is 0. The summed E-state index contributed by atoms with van der Waals surface area (Å²) in [4.78, 5) is 0. The van der Waals surface area contributed by atoms with E-state index in [0.29, 0.717) is 0 Å². The summed E-state index contributed by atoms with van der Waals surface area (Å²) in [7, 11) is 0. The lowest BCUT2D eigenvalue weighted by Crippen LogP contribution is -2.21. The molecule has 0 N–H and O–H groups in total. The van der Waals surface area contributed by atoms with E-state index >= 15 is 0 Å². The molecule has 0 aliphatic heterocycles. The van der Waals surface area contributed by atoms with Gasteiger partial charge in [0.1, 0.15) is 11.2 Å². The van der Waals surface area contributed by atoms with E-state index in [1.54, 1.807) is 6.08 Å². The molecule has 1 atom stereocenters. The lowest BCUT2D eigenvalue weighted by atomic mass is 9.99. The Bertz CT molecular complexity index is 760. The molecule has 1 aromatic heterocycles. The minimum atomic E-state index is 0.252. The largest absolute Gasteiger partial charge is 0.457 e. The number of allylic oxidation sites excluding steroid dienone is 2. The van der Waals surface area contributed by atoms with Crippen molar-refractivity contribution in [3.8, 4) is 0 Å². The highest BCUT2D eigenvalue weighted by molar-refractivity contribution is 5.55. The molecule has 0 fully saturated rings. The standard InChI is InChI=1S/C18H16O.C3H8/c1-3-17-13(2)16-11-7-10-15(12-18(16)19-17)14-8-5-4-6-9-14;1-3-2/h3-12,15H,1H2,2H3;3H2,1-2H3. The van der Waals surface area contributed by atoms with Gasteiger partial charge < -0.3 is 4.42 Å². The monoisotopic (exact) mass is 292 g/mol. The Kier molecular flexibility index (Phi) is 5.60. The van der Waals surface area contributed by atoms with E-state index in [1.165, 1.54) is 12.0 Å². The molecule has 0 saturated heterocycles. The van der Waals surface area contributed by atoms with Gasteiger partial charge in [0.05, 0.1) is 0 Å². The maximum absolute atomic E-state index is 5.87. The average Bonchev–Trinajstić information content (AvgIpc) is 2.72. The van der Waals surface area contributed by atoms with Crippen LogP contribution in [0.25, 0.3) is 18.2 Å². The summed E-state index contributed by atoms with van der Waals surface area (Å²) in [6, 6.07) is 10.4. The Morgan fingerprint density at radius 1 is 1.18 bits per heavy atom. The Hall–Kier alpha value is -2.28. The molecule has 0 amide bonds. The van der Waals surface area contributed by atoms with Gasteiger partial charge in [0.25, 0.3) is 0 Å². The van der Waals surface area contributed by atoms with Gasteiger partial charge in [0.2, 0.25) is 0 Å². The van der Waals surface area contributed by atoms with E-state index in [4.69, 9.17) is 4.42 Å². The van der Waals surface area contributed by atoms with Gasteiger partial charge in [0.15, 0.2) is 0 Å². The molecule has 0 radical (unpaired) electrons. The summed E-state index contributed by atoms with van der Waals surface area (Å²) in [5.41, 5.74) is 3.36. The van der Waals surface area contributed by atoms with Crippen LogP contribution in [0.5, 0.6) is 0 Å². The summed E-state index contributed by atoms with van der Waals surface area (Å²) >= 11 is 0. The van der Waals surface area contributed by atoms with Gasteiger partial charge in [-0.3, -0.25) is 0 Å². The SMILES string of the molecule is C=Cc1oc2c(c1C)=CC=CC(c1ccccc1)C=2.CCC. The fourth-order valence-electron chi connectivity index (χ4n) is 2.47. The van der Waals surface area contributed by atoms with Crippen molar-refractivity contribution in [3.05, 3.63) is 76.6 Å². The molecular weight excluding hydrogens is 268 g/mol. The van der Waals surface area contributed by atoms with Crippen molar-refractivity contribution < 1.29 is 4.42 Å². The van der Waals surface area contributed by atoms with Crippen LogP contribution >= 0.6 is 0 Å². The smallest absolute Gasteiger partial charge is 0.132 e. The van der Waals surface area contributed by atoms with Crippen LogP contribution in [0.1, 0.15) is 43.1 Å². The molecule has 0 spiro atoms. The quantitative estimate of drug-likeness (QED) is 0.790. The molecular formula is C21H24O. The first kappa shape index (κ1) is 16.1. The minimum Gasteiger partial charge on any atom is -0.457 e. The van der Waals surface area contributed by atoms with Crippen molar-refractivity contribution in [3.63, 3.8) is 0 Å². The maximum atomic E-state index is 5.87. The predicted molar refractivity (Wildman–Crippen MR) is 96.0 cm³/mol. The van der Waals surface area contributed by atoms with E-state index in [-0.39, 0.29) is 5.92 Å². The Morgan fingerprint density at radius 3 is 2.50 bits per heavy atom. The predicted octanol–water partition coefficient (Wildman–Crippen LogP) is 4.56. The lowest BCUT2D eigenvalue weighted by molar-refractivity contribution is 0.519. The van der Waals surface area contributed by atoms with Crippen molar-refractivity contribution >= 4 is 18.2 Å². The number of furan rings is 1. The van der Waals surface area contributed by atoms with E-state index in [0.717, 1.165) is 22.0 Å². The highest BCUT2D eigenvalue weighted by Crippen LogP contribution is 2.19. The normalized spacial score (nSPS) is 15.5. The molecule has 22 heavy (non-hydrogen) atoms. The van der Waals surface area contributed by atoms with Crippen molar-refractivity contribution in [2.45, 2.75) is 33.1 Å². The second-order valence-electron chi connectivity index (χ2n) is 5.44. The van der Waals surface area contributed by atoms with Gasteiger partial charge in [-0.1, -0.05) is 75.4 Å². The number of fused-ring (bicyclic) bond motifs is 1. The molecule has 1 unspecified atom stereocenters. The van der Waals surface area contributed by atoms with Crippen molar-refractivity contribution in [1.29, 1.82) is 0 Å². The maximum Gasteiger partial charge on any atom is 0.132 e. The summed E-state index contributed by atoms with van der Waals surface area (Å²) < 4.78 is 5.87. The third-order valence-electron chi connectivity index (χ3n) is 3.54. The second-order valence-corrected chi connectivity index (χ2v) is 5.44. The molecule has 0 bridgehead atoms. The summed E-state index contributed by atoms with van der Waals surface area (Å²) in [5, 5.41) is 1.16. The molecule has 3 rings (SSSR count). The van der Waals surface area contributed by atoms with Gasteiger partial charge >= 0.3 is 0 Å². The highest BCUT2D eigenvalue weighted by Gasteiger charge is 2.10. The number of rotatable bonds is 2. The van der Waals surface area contributed by atoms with Crippen LogP contribution in [-0.4, -0.2) is 0 Å². The van der Waals surface area contributed by atoms with Gasteiger partial charge in [0, 0.05) is 16.7 Å². The summed E-state index contributed by atoms with van der Waals surface area (Å²) in [5.74, 6) is 1.11. The van der Waals surface area contributed by atoms with Crippen molar-refractivity contribution in [2.75, 3.05) is 0 Å². The zero-order chi connectivity index (χ0) is 15.9. The molecule has 1 nitrogen and oxygen atoms in total. The fourth-order valence-corrected chi connectivity index (χ4v) is 2.47. The third-order valence-corrected chi connectivity index (χ3v) is 3.54. The first-order chi connectivity index (χ1) is 10.7. The molecule has 0 saturated carbocycles. The van der Waals surface area contributed by atoms with E-state index in [1.807, 2.05) is 6.07 Å². The van der Waals surface area contributed by atoms with Gasteiger partial charge in [-0.15, -0.1) is 0 Å². The van der Waals surface area contributed by atoms with Crippen molar-refractivity contribution in [1.82, 2.24) is 0 Å². The van der Waals surface area contributed by atoms with Crippen LogP contribution in [0.15, 0.2) is 53.5 Å². The molecule has 1 aromatic carbocycles. The molecule has 114 valence electrons. The van der Waals surface area contributed by atoms with Crippen LogP contribution in [0, 0.1) is 6.92 Å². The average molecular weight is 292 g/mol. The molecule has 1 aliphatic rings. The zero-order valence-corrected chi connectivity index (χ0v) is 13.7. The van der Waals surface area contributed by atoms with Gasteiger partial charge in [-0.2, -0.15) is 0 Å². The van der Waals surface area contributed by atoms with Crippen LogP contribution in [0.2, 0.25) is 0 Å². The van der Waals surface area contributed by atoms with Crippen LogP contribution in [0.4, 0.5) is 0 Å². The van der Waals surface area contributed by atoms with Crippen LogP contribution < -0.4 is 10.6 Å². The molecule has 2 aromatic rings. The topological polar surface area (TPSA) is 13.1 Å². The third kappa shape index (κ3) is 3.48. The van der Waals surface area contributed by atoms with Gasteiger partial charge in [-0.05, 0) is 24.6 Å². The molecule has 1 aliphatic carbocycles. The number of hydrogen-bond acceptors (Lipinski definition) is 1. The second kappa shape index (κ2) is 7.65. The van der Waals surface area contributed by atoms with Crippen LogP contribution in [-0.2, 0) is 0 Å². The first-order valence-corrected chi connectivity index (χ1v) is 7.88. The fraction of sp³-hybridized carbons (Fsp3) is 0.238. The summed E-state index contributed by atoms with van der Waals surface area (Å²) in [6.45, 7) is 10.1. The van der Waals surface area contributed by atoms with E-state index in [9.17, 15) is 0 Å². The van der Waals surface area contributed by atoms with Crippen molar-refractivity contribution in [2.24, 2.45) is 0 Å².